The van der Waals surface area contributed by atoms with Gasteiger partial charge in [-0.25, -0.2) is 0 Å². The van der Waals surface area contributed by atoms with Gasteiger partial charge in [-0.1, -0.05) is 57.6 Å². The molecule has 6 nitrogen and oxygen atoms in total. The van der Waals surface area contributed by atoms with Gasteiger partial charge >= 0.3 is 5.09 Å². The Balaban J connectivity index is 2.07. The van der Waals surface area contributed by atoms with Crippen molar-refractivity contribution in [1.29, 1.82) is 0 Å². The van der Waals surface area contributed by atoms with Crippen molar-refractivity contribution in [3.8, 4) is 5.75 Å². The van der Waals surface area contributed by atoms with E-state index in [-0.39, 0.29) is 13.2 Å². The van der Waals surface area contributed by atoms with Crippen molar-refractivity contribution in [2.45, 2.75) is 58.3 Å². The molecule has 0 atom stereocenters. The molecular weight excluding hydrogens is 298 g/mol. The molecule has 0 aliphatic heterocycles. The molecule has 0 aromatic heterocycles. The Bertz CT molecular complexity index is 421. The van der Waals surface area contributed by atoms with E-state index in [1.54, 1.807) is 0 Å². The first kappa shape index (κ1) is 19.2. The molecule has 1 rings (SSSR count). The van der Waals surface area contributed by atoms with E-state index in [0.717, 1.165) is 12.2 Å². The Morgan fingerprint density at radius 3 is 2.26 bits per heavy atom. The van der Waals surface area contributed by atoms with Crippen molar-refractivity contribution in [2.24, 2.45) is 0 Å². The zero-order chi connectivity index (χ0) is 16.8. The van der Waals surface area contributed by atoms with Crippen LogP contribution in [0.15, 0.2) is 24.3 Å². The lowest BCUT2D eigenvalue weighted by Crippen LogP contribution is -2.09. The third kappa shape index (κ3) is 10.5. The zero-order valence-electron chi connectivity index (χ0n) is 13.9. The quantitative estimate of drug-likeness (QED) is 0.218. The van der Waals surface area contributed by atoms with Crippen LogP contribution in [0.5, 0.6) is 5.75 Å². The molecule has 1 aromatic carbocycles. The first-order valence-electron chi connectivity index (χ1n) is 8.38. The molecule has 23 heavy (non-hydrogen) atoms. The summed E-state index contributed by atoms with van der Waals surface area (Å²) < 4.78 is 5.40. The number of ether oxygens (including phenoxy) is 1. The summed E-state index contributed by atoms with van der Waals surface area (Å²) >= 11 is 0. The highest BCUT2D eigenvalue weighted by atomic mass is 17.3. The molecule has 0 heterocycles. The van der Waals surface area contributed by atoms with E-state index in [2.05, 4.69) is 28.9 Å². The summed E-state index contributed by atoms with van der Waals surface area (Å²) in [7, 11) is 0. The summed E-state index contributed by atoms with van der Waals surface area (Å²) in [6, 6.07) is 7.93. The van der Waals surface area contributed by atoms with Gasteiger partial charge in [0, 0.05) is 0 Å². The Hall–Kier alpha value is -1.82. The first-order chi connectivity index (χ1) is 11.2. The van der Waals surface area contributed by atoms with Crippen LogP contribution in [0.1, 0.15) is 57.4 Å². The summed E-state index contributed by atoms with van der Waals surface area (Å²) in [6.07, 6.45) is 10.3. The standard InChI is InChI=1S/C17H27NO5/c1-2-3-4-5-6-7-8-9-16-10-12-17(13-11-16)21-14-15-22-23-18(19)20/h10-13H,2-9,14-15H2,1H3. The fourth-order valence-electron chi connectivity index (χ4n) is 2.31. The number of benzene rings is 1. The van der Waals surface area contributed by atoms with Gasteiger partial charge in [-0.3, -0.25) is 0 Å². The minimum atomic E-state index is -1.00. The SMILES string of the molecule is CCCCCCCCCc1ccc(OCCOO[N+](=O)[O-])cc1. The molecule has 0 saturated heterocycles. The molecule has 0 spiro atoms. The molecule has 130 valence electrons. The van der Waals surface area contributed by atoms with Crippen LogP contribution >= 0.6 is 0 Å². The van der Waals surface area contributed by atoms with E-state index in [4.69, 9.17) is 4.74 Å². The lowest BCUT2D eigenvalue weighted by molar-refractivity contribution is -0.850. The van der Waals surface area contributed by atoms with Gasteiger partial charge in [0.15, 0.2) is 0 Å². The molecule has 0 aliphatic carbocycles. The highest BCUT2D eigenvalue weighted by molar-refractivity contribution is 5.27. The maximum Gasteiger partial charge on any atom is 0.322 e. The molecule has 0 radical (unpaired) electrons. The summed E-state index contributed by atoms with van der Waals surface area (Å²) in [5.41, 5.74) is 1.30. The minimum Gasteiger partial charge on any atom is -0.491 e. The number of hydrogen-bond donors (Lipinski definition) is 0. The topological polar surface area (TPSA) is 70.8 Å². The predicted molar refractivity (Wildman–Crippen MR) is 87.7 cm³/mol. The highest BCUT2D eigenvalue weighted by Crippen LogP contribution is 2.15. The molecule has 0 bridgehead atoms. The van der Waals surface area contributed by atoms with E-state index in [1.165, 1.54) is 50.5 Å². The molecule has 0 unspecified atom stereocenters. The molecule has 0 fully saturated rings. The average molecular weight is 325 g/mol. The molecule has 6 heteroatoms. The molecule has 0 amide bonds. The van der Waals surface area contributed by atoms with Crippen molar-refractivity contribution in [3.63, 3.8) is 0 Å². The fraction of sp³-hybridized carbons (Fsp3) is 0.647. The lowest BCUT2D eigenvalue weighted by atomic mass is 10.0. The fourth-order valence-corrected chi connectivity index (χ4v) is 2.31. The van der Waals surface area contributed by atoms with Gasteiger partial charge in [0.05, 0.1) is 0 Å². The Kier molecular flexibility index (Phi) is 10.6. The second-order valence-corrected chi connectivity index (χ2v) is 5.48. The van der Waals surface area contributed by atoms with Crippen LogP contribution in [0.4, 0.5) is 0 Å². The summed E-state index contributed by atoms with van der Waals surface area (Å²) in [4.78, 5) is 17.9. The highest BCUT2D eigenvalue weighted by Gasteiger charge is 1.99. The largest absolute Gasteiger partial charge is 0.491 e. The van der Waals surface area contributed by atoms with Crippen LogP contribution < -0.4 is 4.74 Å². The Labute approximate surface area is 137 Å². The van der Waals surface area contributed by atoms with Crippen molar-refractivity contribution in [1.82, 2.24) is 0 Å². The number of rotatable bonds is 14. The van der Waals surface area contributed by atoms with Crippen molar-refractivity contribution >= 4 is 0 Å². The first-order valence-corrected chi connectivity index (χ1v) is 8.38. The Morgan fingerprint density at radius 1 is 0.957 bits per heavy atom. The predicted octanol–water partition coefficient (Wildman–Crippen LogP) is 4.50. The monoisotopic (exact) mass is 325 g/mol. The van der Waals surface area contributed by atoms with Gasteiger partial charge in [-0.05, 0) is 30.5 Å². The van der Waals surface area contributed by atoms with Gasteiger partial charge in [0.25, 0.3) is 0 Å². The smallest absolute Gasteiger partial charge is 0.322 e. The average Bonchev–Trinajstić information content (AvgIpc) is 2.55. The second-order valence-electron chi connectivity index (χ2n) is 5.48. The molecule has 0 N–H and O–H groups in total. The number of aryl methyl sites for hydroxylation is 1. The minimum absolute atomic E-state index is 0.000757. The number of nitrogens with zero attached hydrogens (tertiary/aromatic N) is 1. The van der Waals surface area contributed by atoms with Crippen LogP contribution in [0.2, 0.25) is 0 Å². The number of unbranched alkanes of at least 4 members (excludes halogenated alkanes) is 6. The van der Waals surface area contributed by atoms with Crippen LogP contribution in [0, 0.1) is 10.1 Å². The van der Waals surface area contributed by atoms with Crippen LogP contribution in [0.3, 0.4) is 0 Å². The van der Waals surface area contributed by atoms with E-state index in [0.29, 0.717) is 0 Å². The maximum atomic E-state index is 9.86. The van der Waals surface area contributed by atoms with Crippen LogP contribution in [-0.4, -0.2) is 18.3 Å². The van der Waals surface area contributed by atoms with Gasteiger partial charge in [-0.2, -0.15) is 4.89 Å². The molecular formula is C17H27NO5. The summed E-state index contributed by atoms with van der Waals surface area (Å²) in [5, 5.41) is 8.86. The van der Waals surface area contributed by atoms with E-state index < -0.39 is 5.09 Å². The third-order valence-electron chi connectivity index (χ3n) is 3.54. The Morgan fingerprint density at radius 2 is 1.61 bits per heavy atom. The van der Waals surface area contributed by atoms with Crippen molar-refractivity contribution in [2.75, 3.05) is 13.2 Å². The normalized spacial score (nSPS) is 10.5. The zero-order valence-corrected chi connectivity index (χ0v) is 13.9. The van der Waals surface area contributed by atoms with Gasteiger partial charge < -0.3 is 4.74 Å². The number of hydrogen-bond acceptors (Lipinski definition) is 5. The van der Waals surface area contributed by atoms with Crippen LogP contribution in [-0.2, 0) is 16.3 Å². The van der Waals surface area contributed by atoms with E-state index >= 15 is 0 Å². The summed E-state index contributed by atoms with van der Waals surface area (Å²) in [5.74, 6) is 0.720. The van der Waals surface area contributed by atoms with Crippen molar-refractivity contribution in [3.05, 3.63) is 39.9 Å². The third-order valence-corrected chi connectivity index (χ3v) is 3.54. The van der Waals surface area contributed by atoms with Crippen molar-refractivity contribution < 1.29 is 19.7 Å². The van der Waals surface area contributed by atoms with E-state index in [9.17, 15) is 10.1 Å². The molecule has 0 saturated carbocycles. The van der Waals surface area contributed by atoms with Gasteiger partial charge in [0.2, 0.25) is 0 Å². The molecule has 1 aromatic rings. The van der Waals surface area contributed by atoms with E-state index in [1.807, 2.05) is 12.1 Å². The van der Waals surface area contributed by atoms with Gasteiger partial charge in [0.1, 0.15) is 19.0 Å². The second kappa shape index (κ2) is 12.7. The molecule has 0 aliphatic rings. The van der Waals surface area contributed by atoms with Crippen LogP contribution in [0.25, 0.3) is 0 Å². The summed E-state index contributed by atoms with van der Waals surface area (Å²) in [6.45, 7) is 2.44. The lowest BCUT2D eigenvalue weighted by Gasteiger charge is -2.07. The van der Waals surface area contributed by atoms with Gasteiger partial charge in [-0.15, -0.1) is 15.1 Å². The maximum absolute atomic E-state index is 9.86.